The number of hydrogen-bond acceptors (Lipinski definition) is 23. The van der Waals surface area contributed by atoms with Gasteiger partial charge in [-0.3, -0.25) is 9.80 Å². The van der Waals surface area contributed by atoms with Crippen LogP contribution in [-0.4, -0.2) is 217 Å². The van der Waals surface area contributed by atoms with Crippen molar-refractivity contribution in [3.05, 3.63) is 11.6 Å². The molecule has 0 amide bonds. The van der Waals surface area contributed by atoms with Crippen molar-refractivity contribution in [2.45, 2.75) is 353 Å². The smallest absolute Gasteiger partial charge is 0.233 e. The summed E-state index contributed by atoms with van der Waals surface area (Å²) in [6, 6.07) is 0.270. The van der Waals surface area contributed by atoms with Crippen LogP contribution in [0, 0.1) is 0 Å². The van der Waals surface area contributed by atoms with E-state index in [2.05, 4.69) is 224 Å². The summed E-state index contributed by atoms with van der Waals surface area (Å²) in [6.07, 6.45) is 11.9. The molecule has 3 aromatic rings. The van der Waals surface area contributed by atoms with Gasteiger partial charge in [0.15, 0.2) is 11.6 Å². The van der Waals surface area contributed by atoms with Crippen LogP contribution < -0.4 is 60.9 Å². The predicted octanol–water partition coefficient (Wildman–Crippen LogP) is 11.1. The van der Waals surface area contributed by atoms with Gasteiger partial charge in [-0.05, 0) is 228 Å². The molecule has 8 rings (SSSR count). The van der Waals surface area contributed by atoms with Gasteiger partial charge in [0.05, 0.1) is 24.4 Å². The van der Waals surface area contributed by atoms with Crippen LogP contribution in [0.25, 0.3) is 0 Å². The van der Waals surface area contributed by atoms with E-state index in [0.717, 1.165) is 102 Å². The maximum absolute atomic E-state index is 6.35. The minimum absolute atomic E-state index is 0.0152. The molecule has 0 unspecified atom stereocenters. The molecule has 5 fully saturated rings. The minimum Gasteiger partial charge on any atom is -0.347 e. The molecule has 5 aliphatic rings. The Morgan fingerprint density at radius 2 is 0.469 bits per heavy atom. The Hall–Kier alpha value is -4.65. The maximum Gasteiger partial charge on any atom is 0.233 e. The molecule has 23 heteroatoms. The zero-order valence-electron chi connectivity index (χ0n) is 68.3. The first-order valence-electron chi connectivity index (χ1n) is 37.5. The zero-order valence-corrected chi connectivity index (χ0v) is 68.3. The molecule has 556 valence electrons. The van der Waals surface area contributed by atoms with Crippen LogP contribution in [0.3, 0.4) is 0 Å². The van der Waals surface area contributed by atoms with E-state index in [1.165, 1.54) is 0 Å². The zero-order chi connectivity index (χ0) is 73.5. The highest BCUT2D eigenvalue weighted by molar-refractivity contribution is 5.48. The largest absolute Gasteiger partial charge is 0.347 e. The summed E-state index contributed by atoms with van der Waals surface area (Å²) in [7, 11) is 18.6. The van der Waals surface area contributed by atoms with Crippen molar-refractivity contribution < 1.29 is 0 Å². The third-order valence-electron chi connectivity index (χ3n) is 22.3. The fourth-order valence-electron chi connectivity index (χ4n) is 19.8. The standard InChI is InChI=1S/C75H141N23/c1-34-74(35-2,55-76-57(90(25)26)80-58(77-55)91(27)28)97(53-44-70(17,18)88-71(19,20)45-53)48-95(51-40-66(9,10)86-67(11,12)41-51)62-79-56(78-61(84-62)94(33)50-38-64(5,6)85-65(7,8)39-50)75(36-3,37-4)98(54-46-72(21,22)89-73(23,24)47-54)49-96(52-42-68(13,14)87-69(15,16)43-52)63-82-59(92(29)30)81-60(83-63)93(31)32/h50-54,85-89H,34-49H2,1-33H3. The molecule has 0 saturated carbocycles. The molecule has 98 heavy (non-hydrogen) atoms. The van der Waals surface area contributed by atoms with Crippen molar-refractivity contribution in [1.82, 2.24) is 81.2 Å². The average molecular weight is 1370 g/mol. The molecule has 0 radical (unpaired) electrons. The van der Waals surface area contributed by atoms with E-state index < -0.39 is 11.1 Å². The van der Waals surface area contributed by atoms with Crippen molar-refractivity contribution in [2.24, 2.45) is 0 Å². The van der Waals surface area contributed by atoms with Gasteiger partial charge in [0, 0.05) is 149 Å². The molecule has 5 N–H and O–H groups in total. The van der Waals surface area contributed by atoms with E-state index in [-0.39, 0.29) is 85.6 Å². The van der Waals surface area contributed by atoms with Crippen LogP contribution in [0.5, 0.6) is 0 Å². The molecule has 8 heterocycles. The molecule has 0 aromatic carbocycles. The second-order valence-corrected chi connectivity index (χ2v) is 38.4. The molecule has 0 spiro atoms. The molecule has 3 aromatic heterocycles. The molecule has 0 bridgehead atoms. The number of nitrogens with zero attached hydrogens (tertiary/aromatic N) is 18. The van der Waals surface area contributed by atoms with Crippen molar-refractivity contribution in [3.63, 3.8) is 0 Å². The molecular formula is C75H141N23. The number of aromatic nitrogens is 9. The molecule has 5 saturated heterocycles. The van der Waals surface area contributed by atoms with Gasteiger partial charge in [-0.2, -0.15) is 44.9 Å². The molecular weight excluding hydrogens is 1220 g/mol. The fourth-order valence-corrected chi connectivity index (χ4v) is 19.8. The SMILES string of the molecule is CCC(CC)(c1nc(N(C)C)nc(N(C)C)n1)N(CN(c1nc(N(C)C2CC(C)(C)NC(C)(C)C2)nc(C(CC)(CC)N(CN(c2nc(N(C)C)nc(N(C)C)n2)C2CC(C)(C)NC(C)(C)C2)C2CC(C)(C)NC(C)(C)C2)n1)C1CC(C)(C)NC(C)(C)C1)C1CC(C)(C)NC(C)(C)C1. The topological polar surface area (TPSA) is 205 Å². The van der Waals surface area contributed by atoms with Gasteiger partial charge in [0.25, 0.3) is 0 Å². The first-order chi connectivity index (χ1) is 44.7. The summed E-state index contributed by atoms with van der Waals surface area (Å²) >= 11 is 0. The van der Waals surface area contributed by atoms with Gasteiger partial charge < -0.3 is 60.9 Å². The molecule has 0 atom stereocenters. The van der Waals surface area contributed by atoms with Crippen molar-refractivity contribution in [2.75, 3.05) is 111 Å². The van der Waals surface area contributed by atoms with Crippen LogP contribution >= 0.6 is 0 Å². The maximum atomic E-state index is 6.35. The van der Waals surface area contributed by atoms with Gasteiger partial charge in [-0.25, -0.2) is 0 Å². The van der Waals surface area contributed by atoms with Crippen molar-refractivity contribution in [1.29, 1.82) is 0 Å². The van der Waals surface area contributed by atoms with Crippen LogP contribution in [0.15, 0.2) is 0 Å². The Morgan fingerprint density at radius 1 is 0.276 bits per heavy atom. The Balaban J connectivity index is 1.51. The third kappa shape index (κ3) is 18.0. The van der Waals surface area contributed by atoms with E-state index in [4.69, 9.17) is 44.9 Å². The van der Waals surface area contributed by atoms with E-state index in [9.17, 15) is 0 Å². The Bertz CT molecular complexity index is 3060. The second kappa shape index (κ2) is 27.8. The summed E-state index contributed by atoms with van der Waals surface area (Å²) in [5, 5.41) is 20.4. The van der Waals surface area contributed by atoms with Crippen LogP contribution in [-0.2, 0) is 11.1 Å². The van der Waals surface area contributed by atoms with Crippen LogP contribution in [0.2, 0.25) is 0 Å². The summed E-state index contributed by atoms with van der Waals surface area (Å²) in [5.41, 5.74) is -3.43. The van der Waals surface area contributed by atoms with Crippen LogP contribution in [0.4, 0.5) is 41.6 Å². The quantitative estimate of drug-likeness (QED) is 0.0529. The predicted molar refractivity (Wildman–Crippen MR) is 410 cm³/mol. The highest BCUT2D eigenvalue weighted by Gasteiger charge is 2.54. The van der Waals surface area contributed by atoms with Gasteiger partial charge in [0.2, 0.25) is 41.6 Å². The Morgan fingerprint density at radius 3 is 0.724 bits per heavy atom. The van der Waals surface area contributed by atoms with E-state index >= 15 is 0 Å². The number of rotatable bonds is 24. The van der Waals surface area contributed by atoms with Gasteiger partial charge in [0.1, 0.15) is 0 Å². The number of nitrogens with one attached hydrogen (secondary N) is 5. The number of anilines is 7. The normalized spacial score (nSPS) is 23.2. The van der Waals surface area contributed by atoms with Crippen molar-refractivity contribution in [3.8, 4) is 0 Å². The number of piperidine rings is 5. The highest BCUT2D eigenvalue weighted by atomic mass is 15.5. The summed E-state index contributed by atoms with van der Waals surface area (Å²) in [5.74, 6) is 6.22. The Labute approximate surface area is 595 Å². The van der Waals surface area contributed by atoms with Gasteiger partial charge >= 0.3 is 0 Å². The van der Waals surface area contributed by atoms with Gasteiger partial charge in [-0.15, -0.1) is 0 Å². The van der Waals surface area contributed by atoms with E-state index in [0.29, 0.717) is 55.0 Å². The lowest BCUT2D eigenvalue weighted by molar-refractivity contribution is -0.0287. The van der Waals surface area contributed by atoms with E-state index in [1.54, 1.807) is 0 Å². The summed E-state index contributed by atoms with van der Waals surface area (Å²) in [4.78, 5) is 72.3. The summed E-state index contributed by atoms with van der Waals surface area (Å²) < 4.78 is 0. The van der Waals surface area contributed by atoms with Crippen LogP contribution in [0.1, 0.15) is 268 Å². The number of hydrogen-bond donors (Lipinski definition) is 5. The second-order valence-electron chi connectivity index (χ2n) is 38.4. The third-order valence-corrected chi connectivity index (χ3v) is 22.3. The molecule has 0 aliphatic carbocycles. The van der Waals surface area contributed by atoms with Gasteiger partial charge in [-0.1, -0.05) is 27.7 Å². The monoisotopic (exact) mass is 1360 g/mol. The fraction of sp³-hybridized carbons (Fsp3) is 0.880. The lowest BCUT2D eigenvalue weighted by atomic mass is 9.76. The minimum atomic E-state index is -0.764. The molecule has 23 nitrogen and oxygen atoms in total. The summed E-state index contributed by atoms with van der Waals surface area (Å²) in [6.45, 7) is 58.0. The first-order valence-corrected chi connectivity index (χ1v) is 37.5. The highest BCUT2D eigenvalue weighted by Crippen LogP contribution is 2.48. The average Bonchev–Trinajstić information content (AvgIpc) is 0.741. The van der Waals surface area contributed by atoms with Crippen molar-refractivity contribution >= 4 is 41.6 Å². The lowest BCUT2D eigenvalue weighted by Gasteiger charge is -2.57. The lowest BCUT2D eigenvalue weighted by Crippen LogP contribution is -2.68. The molecule has 5 aliphatic heterocycles. The first kappa shape index (κ1) is 79.1. The Kier molecular flexibility index (Phi) is 22.5. The van der Waals surface area contributed by atoms with E-state index in [1.807, 2.05) is 76.0 Å².